The summed E-state index contributed by atoms with van der Waals surface area (Å²) in [6, 6.07) is 47.9. The molecule has 263 valence electrons. The van der Waals surface area contributed by atoms with Gasteiger partial charge in [0.2, 0.25) is 0 Å². The summed E-state index contributed by atoms with van der Waals surface area (Å²) < 4.78 is 6.41. The largest absolute Gasteiger partial charge is 0.406 e. The van der Waals surface area contributed by atoms with Crippen LogP contribution in [0, 0.1) is 24.1 Å². The molecular weight excluding hydrogens is 831 g/mol. The Morgan fingerprint density at radius 2 is 1.19 bits per heavy atom. The molecule has 0 bridgehead atoms. The Balaban J connectivity index is 0.000000148. The van der Waals surface area contributed by atoms with Crippen molar-refractivity contribution in [3.63, 3.8) is 0 Å². The molecule has 0 amide bonds. The number of rotatable bonds is 8. The van der Waals surface area contributed by atoms with Crippen LogP contribution >= 0.6 is 0 Å². The summed E-state index contributed by atoms with van der Waals surface area (Å²) in [6.07, 6.45) is 17.6. The Morgan fingerprint density at radius 1 is 0.585 bits per heavy atom. The molecule has 0 saturated heterocycles. The van der Waals surface area contributed by atoms with Crippen LogP contribution in [0.5, 0.6) is 0 Å². The molecule has 0 N–H and O–H groups in total. The molecule has 8 aromatic rings. The molecule has 10 rings (SSSR count). The molecule has 8 heteroatoms. The zero-order valence-corrected chi connectivity index (χ0v) is 31.3. The van der Waals surface area contributed by atoms with E-state index in [1.165, 1.54) is 11.0 Å². The van der Waals surface area contributed by atoms with Crippen LogP contribution in [-0.4, -0.2) is 41.2 Å². The average Bonchev–Trinajstić information content (AvgIpc) is 3.99. The van der Waals surface area contributed by atoms with Gasteiger partial charge in [0.1, 0.15) is 0 Å². The topological polar surface area (TPSA) is 56.2 Å². The number of hydrogen-bond donors (Lipinski definition) is 0. The van der Waals surface area contributed by atoms with Crippen LogP contribution in [0.4, 0.5) is 0 Å². The monoisotopic (exact) mass is 866 g/mol. The normalized spacial score (nSPS) is 15.8. The minimum Gasteiger partial charge on any atom is -0.406 e. The first-order valence-corrected chi connectivity index (χ1v) is 17.6. The number of hydrazone groups is 1. The van der Waals surface area contributed by atoms with Crippen LogP contribution < -0.4 is 0 Å². The molecule has 7 nitrogen and oxygen atoms in total. The second kappa shape index (κ2) is 15.4. The van der Waals surface area contributed by atoms with Gasteiger partial charge in [0.05, 0.1) is 36.2 Å². The van der Waals surface area contributed by atoms with Crippen LogP contribution in [0.15, 0.2) is 157 Å². The van der Waals surface area contributed by atoms with Gasteiger partial charge in [-0.3, -0.25) is 9.67 Å². The first kappa shape index (κ1) is 34.3. The minimum atomic E-state index is 0. The van der Waals surface area contributed by atoms with Crippen molar-refractivity contribution in [2.45, 2.75) is 32.2 Å². The van der Waals surface area contributed by atoms with Crippen molar-refractivity contribution >= 4 is 38.9 Å². The van der Waals surface area contributed by atoms with Crippen molar-refractivity contribution in [1.29, 1.82) is 0 Å². The molecule has 2 unspecified atom stereocenters. The Bertz CT molecular complexity index is 2500. The van der Waals surface area contributed by atoms with Gasteiger partial charge in [-0.1, -0.05) is 90.2 Å². The van der Waals surface area contributed by atoms with Crippen molar-refractivity contribution in [2.75, 3.05) is 0 Å². The molecule has 0 saturated carbocycles. The zero-order chi connectivity index (χ0) is 34.7. The van der Waals surface area contributed by atoms with E-state index in [-0.39, 0.29) is 32.1 Å². The summed E-state index contributed by atoms with van der Waals surface area (Å²) in [7, 11) is 0. The number of allylic oxidation sites excluding steroid dienone is 2. The fraction of sp³-hybridized carbons (Fsp3) is 0.133. The number of benzene rings is 4. The first-order chi connectivity index (χ1) is 25.7. The fourth-order valence-corrected chi connectivity index (χ4v) is 7.03. The van der Waals surface area contributed by atoms with E-state index < -0.39 is 0 Å². The third-order valence-corrected chi connectivity index (χ3v) is 9.61. The molecule has 4 aromatic carbocycles. The maximum Gasteiger partial charge on any atom is 0.0685 e. The van der Waals surface area contributed by atoms with Crippen LogP contribution in [0.1, 0.15) is 22.5 Å². The molecular formula is C45H35IrN7-4. The summed E-state index contributed by atoms with van der Waals surface area (Å²) in [5.74, 6) is 0.263. The van der Waals surface area contributed by atoms with Crippen LogP contribution in [0.3, 0.4) is 0 Å². The molecule has 1 radical (unpaired) electrons. The smallest absolute Gasteiger partial charge is 0.0685 e. The predicted octanol–water partition coefficient (Wildman–Crippen LogP) is 8.36. The molecule has 0 spiro atoms. The minimum absolute atomic E-state index is 0. The average molecular weight is 866 g/mol. The number of aromatic nitrogens is 5. The Kier molecular flexibility index (Phi) is 9.97. The number of pyridine rings is 1. The van der Waals surface area contributed by atoms with E-state index in [4.69, 9.17) is 4.98 Å². The second-order valence-electron chi connectivity index (χ2n) is 13.1. The third kappa shape index (κ3) is 7.42. The van der Waals surface area contributed by atoms with Gasteiger partial charge in [-0.05, 0) is 18.2 Å². The van der Waals surface area contributed by atoms with Gasteiger partial charge in [-0.15, -0.1) is 35.3 Å². The summed E-state index contributed by atoms with van der Waals surface area (Å²) in [5.41, 5.74) is 7.88. The van der Waals surface area contributed by atoms with E-state index in [0.717, 1.165) is 63.8 Å². The molecule has 53 heavy (non-hydrogen) atoms. The summed E-state index contributed by atoms with van der Waals surface area (Å²) >= 11 is 0. The van der Waals surface area contributed by atoms with E-state index >= 15 is 0 Å². The quantitative estimate of drug-likeness (QED) is 0.145. The molecule has 2 atom stereocenters. The van der Waals surface area contributed by atoms with Gasteiger partial charge in [-0.25, -0.2) is 0 Å². The standard InChI is InChI=1S/C23H17N3.C22H18N4.Ir/c1-3-10-22-18(6-1)12-14-25(22)16-20-8-5-9-21(24-20)17-26-15-13-19-7-2-4-11-23(19)26;1-3-10-21-19(8-1)13-23-25(21)15-17-6-5-7-18(12-17)16-26-22-11-4-2-9-20(22)14-24-26;/h1-11,14-15H,16-17H2;1-11,13,20,22H,15-16H2;/q2*-2;. The van der Waals surface area contributed by atoms with E-state index in [1.807, 2.05) is 47.5 Å². The van der Waals surface area contributed by atoms with Gasteiger partial charge < -0.3 is 25.5 Å². The van der Waals surface area contributed by atoms with E-state index in [1.54, 1.807) is 0 Å². The maximum absolute atomic E-state index is 4.87. The second-order valence-corrected chi connectivity index (χ2v) is 13.1. The molecule has 5 heterocycles. The van der Waals surface area contributed by atoms with Gasteiger partial charge >= 0.3 is 0 Å². The number of hydrogen-bond acceptors (Lipinski definition) is 4. The SMILES string of the molecule is [C-]1=NN(Cc2[c-]c(Cn3ncc4ccccc43)ccc2)C2C=CC=CC12.[Ir].[c-]1cn(Cc2cccc(Cn3c[c-]c4ccccc43)n2)c2ccccc12. The van der Waals surface area contributed by atoms with Crippen LogP contribution in [-0.2, 0) is 46.3 Å². The van der Waals surface area contributed by atoms with E-state index in [2.05, 4.69) is 158 Å². The van der Waals surface area contributed by atoms with Crippen molar-refractivity contribution < 1.29 is 20.1 Å². The number of nitrogens with zero attached hydrogens (tertiary/aromatic N) is 7. The number of fused-ring (bicyclic) bond motifs is 4. The summed E-state index contributed by atoms with van der Waals surface area (Å²) in [4.78, 5) is 4.87. The molecule has 2 aliphatic rings. The van der Waals surface area contributed by atoms with Crippen molar-refractivity contribution in [3.05, 3.63) is 193 Å². The summed E-state index contributed by atoms with van der Waals surface area (Å²) in [6.45, 7) is 2.94. The molecule has 1 aliphatic carbocycles. The van der Waals surface area contributed by atoms with Gasteiger partial charge in [0.15, 0.2) is 0 Å². The van der Waals surface area contributed by atoms with Gasteiger partial charge in [0, 0.05) is 44.6 Å². The molecule has 0 fully saturated rings. The van der Waals surface area contributed by atoms with Crippen molar-refractivity contribution in [3.8, 4) is 0 Å². The van der Waals surface area contributed by atoms with E-state index in [9.17, 15) is 0 Å². The van der Waals surface area contributed by atoms with Gasteiger partial charge in [0.25, 0.3) is 0 Å². The number of para-hydroxylation sites is 3. The van der Waals surface area contributed by atoms with E-state index in [0.29, 0.717) is 6.54 Å². The molecule has 1 aliphatic heterocycles. The van der Waals surface area contributed by atoms with Crippen LogP contribution in [0.25, 0.3) is 32.7 Å². The third-order valence-electron chi connectivity index (χ3n) is 9.61. The Labute approximate surface area is 322 Å². The Morgan fingerprint density at radius 3 is 1.91 bits per heavy atom. The zero-order valence-electron chi connectivity index (χ0n) is 28.9. The fourth-order valence-electron chi connectivity index (χ4n) is 7.03. The molecule has 4 aromatic heterocycles. The summed E-state index contributed by atoms with van der Waals surface area (Å²) in [5, 5.41) is 14.5. The first-order valence-electron chi connectivity index (χ1n) is 17.6. The van der Waals surface area contributed by atoms with Crippen molar-refractivity contribution in [1.82, 2.24) is 28.9 Å². The maximum atomic E-state index is 4.87. The Hall–Kier alpha value is -5.82. The van der Waals surface area contributed by atoms with Crippen LogP contribution in [0.2, 0.25) is 0 Å². The van der Waals surface area contributed by atoms with Crippen molar-refractivity contribution in [2.24, 2.45) is 11.0 Å². The van der Waals surface area contributed by atoms with Gasteiger partial charge in [-0.2, -0.15) is 64.4 Å². The predicted molar refractivity (Wildman–Crippen MR) is 207 cm³/mol.